The van der Waals surface area contributed by atoms with Crippen molar-refractivity contribution in [2.45, 2.75) is 18.9 Å². The largest absolute Gasteiger partial charge is 0.313 e. The third kappa shape index (κ3) is 3.01. The minimum Gasteiger partial charge on any atom is -0.313 e. The molecule has 0 bridgehead atoms. The molecule has 13 heavy (non-hydrogen) atoms. The minimum absolute atomic E-state index is 0.781. The molecule has 1 aromatic rings. The highest BCUT2D eigenvalue weighted by atomic mass is 32.2. The summed E-state index contributed by atoms with van der Waals surface area (Å²) in [6, 6.07) is 3.00. The maximum Gasteiger partial charge on any atom is 0.0166 e. The zero-order chi connectivity index (χ0) is 8.93. The van der Waals surface area contributed by atoms with E-state index in [0.717, 1.165) is 12.6 Å². The van der Waals surface area contributed by atoms with Gasteiger partial charge in [0, 0.05) is 11.8 Å². The summed E-state index contributed by atoms with van der Waals surface area (Å²) in [4.78, 5) is 0. The van der Waals surface area contributed by atoms with Crippen molar-refractivity contribution in [3.63, 3.8) is 0 Å². The Balaban J connectivity index is 1.63. The van der Waals surface area contributed by atoms with Crippen LogP contribution in [0.1, 0.15) is 12.0 Å². The standard InChI is InChI=1S/C10H15NS2/c1(9-2-5-12-7-9)4-11-10-3-6-13-8-10/h2,5,7,10-11H,1,3-4,6,8H2. The van der Waals surface area contributed by atoms with Gasteiger partial charge in [-0.25, -0.2) is 0 Å². The van der Waals surface area contributed by atoms with Gasteiger partial charge in [-0.2, -0.15) is 23.1 Å². The van der Waals surface area contributed by atoms with Crippen LogP contribution in [0.2, 0.25) is 0 Å². The summed E-state index contributed by atoms with van der Waals surface area (Å²) < 4.78 is 0. The third-order valence-electron chi connectivity index (χ3n) is 2.36. The molecule has 72 valence electrons. The molecule has 0 amide bonds. The lowest BCUT2D eigenvalue weighted by molar-refractivity contribution is 0.561. The highest BCUT2D eigenvalue weighted by Crippen LogP contribution is 2.16. The lowest BCUT2D eigenvalue weighted by Crippen LogP contribution is -2.30. The Bertz CT molecular complexity index is 227. The molecule has 2 heterocycles. The van der Waals surface area contributed by atoms with Crippen LogP contribution in [0.5, 0.6) is 0 Å². The summed E-state index contributed by atoms with van der Waals surface area (Å²) >= 11 is 3.86. The summed E-state index contributed by atoms with van der Waals surface area (Å²) in [5.74, 6) is 2.65. The smallest absolute Gasteiger partial charge is 0.0166 e. The lowest BCUT2D eigenvalue weighted by Gasteiger charge is -2.09. The van der Waals surface area contributed by atoms with Gasteiger partial charge in [-0.3, -0.25) is 0 Å². The van der Waals surface area contributed by atoms with Crippen LogP contribution in [0, 0.1) is 0 Å². The quantitative estimate of drug-likeness (QED) is 0.824. The van der Waals surface area contributed by atoms with Crippen molar-refractivity contribution in [2.75, 3.05) is 18.1 Å². The van der Waals surface area contributed by atoms with E-state index in [9.17, 15) is 0 Å². The molecule has 1 fully saturated rings. The second kappa shape index (κ2) is 5.03. The molecule has 1 nitrogen and oxygen atoms in total. The van der Waals surface area contributed by atoms with Gasteiger partial charge in [0.1, 0.15) is 0 Å². The zero-order valence-corrected chi connectivity index (χ0v) is 9.29. The van der Waals surface area contributed by atoms with E-state index in [0.29, 0.717) is 0 Å². The van der Waals surface area contributed by atoms with E-state index in [4.69, 9.17) is 0 Å². The van der Waals surface area contributed by atoms with Crippen molar-refractivity contribution < 1.29 is 0 Å². The molecule has 2 rings (SSSR count). The second-order valence-electron chi connectivity index (χ2n) is 3.40. The van der Waals surface area contributed by atoms with Gasteiger partial charge in [-0.1, -0.05) is 0 Å². The van der Waals surface area contributed by atoms with Crippen molar-refractivity contribution >= 4 is 23.1 Å². The molecule has 0 radical (unpaired) electrons. The fourth-order valence-electron chi connectivity index (χ4n) is 1.55. The summed E-state index contributed by atoms with van der Waals surface area (Å²) in [6.45, 7) is 1.14. The number of hydrogen-bond acceptors (Lipinski definition) is 3. The van der Waals surface area contributed by atoms with Gasteiger partial charge in [0.15, 0.2) is 0 Å². The van der Waals surface area contributed by atoms with E-state index in [1.165, 1.54) is 29.9 Å². The van der Waals surface area contributed by atoms with Gasteiger partial charge < -0.3 is 5.32 Å². The first-order chi connectivity index (χ1) is 6.45. The van der Waals surface area contributed by atoms with Crippen molar-refractivity contribution in [2.24, 2.45) is 0 Å². The molecule has 1 aromatic heterocycles. The number of rotatable bonds is 4. The summed E-state index contributed by atoms with van der Waals surface area (Å²) in [6.07, 6.45) is 2.54. The van der Waals surface area contributed by atoms with E-state index >= 15 is 0 Å². The highest BCUT2D eigenvalue weighted by Gasteiger charge is 2.13. The molecule has 0 aliphatic carbocycles. The van der Waals surface area contributed by atoms with Crippen LogP contribution in [0.15, 0.2) is 16.8 Å². The summed E-state index contributed by atoms with van der Waals surface area (Å²) in [5.41, 5.74) is 1.48. The van der Waals surface area contributed by atoms with Crippen LogP contribution in [0.4, 0.5) is 0 Å². The lowest BCUT2D eigenvalue weighted by atomic mass is 10.2. The SMILES string of the molecule is c1cc(CCNC2CCSC2)cs1. The van der Waals surface area contributed by atoms with Gasteiger partial charge in [0.2, 0.25) is 0 Å². The first kappa shape index (κ1) is 9.56. The summed E-state index contributed by atoms with van der Waals surface area (Å²) in [5, 5.41) is 8.00. The fourth-order valence-corrected chi connectivity index (χ4v) is 3.44. The maximum absolute atomic E-state index is 3.60. The van der Waals surface area contributed by atoms with E-state index in [1.807, 2.05) is 0 Å². The normalized spacial score (nSPS) is 22.3. The molecule has 3 heteroatoms. The zero-order valence-electron chi connectivity index (χ0n) is 7.66. The monoisotopic (exact) mass is 213 g/mol. The van der Waals surface area contributed by atoms with Crippen LogP contribution in [-0.4, -0.2) is 24.1 Å². The van der Waals surface area contributed by atoms with Crippen LogP contribution < -0.4 is 5.32 Å². The Morgan fingerprint density at radius 1 is 1.54 bits per heavy atom. The van der Waals surface area contributed by atoms with Gasteiger partial charge in [0.05, 0.1) is 0 Å². The molecule has 1 saturated heterocycles. The second-order valence-corrected chi connectivity index (χ2v) is 5.33. The first-order valence-electron chi connectivity index (χ1n) is 4.77. The van der Waals surface area contributed by atoms with Crippen LogP contribution in [-0.2, 0) is 6.42 Å². The van der Waals surface area contributed by atoms with Crippen molar-refractivity contribution in [3.8, 4) is 0 Å². The predicted molar refractivity (Wildman–Crippen MR) is 61.8 cm³/mol. The Labute approximate surface area is 87.9 Å². The fraction of sp³-hybridized carbons (Fsp3) is 0.600. The molecular weight excluding hydrogens is 198 g/mol. The Hall–Kier alpha value is 0.01000. The third-order valence-corrected chi connectivity index (χ3v) is 4.25. The number of thiophene rings is 1. The van der Waals surface area contributed by atoms with Gasteiger partial charge in [-0.05, 0) is 47.5 Å². The van der Waals surface area contributed by atoms with Gasteiger partial charge in [-0.15, -0.1) is 0 Å². The molecule has 0 saturated carbocycles. The molecule has 1 atom stereocenters. The Morgan fingerprint density at radius 3 is 3.23 bits per heavy atom. The molecule has 0 spiro atoms. The van der Waals surface area contributed by atoms with Crippen LogP contribution >= 0.6 is 23.1 Å². The highest BCUT2D eigenvalue weighted by molar-refractivity contribution is 7.99. The molecule has 1 aliphatic rings. The van der Waals surface area contributed by atoms with E-state index < -0.39 is 0 Å². The van der Waals surface area contributed by atoms with Crippen molar-refractivity contribution in [3.05, 3.63) is 22.4 Å². The number of hydrogen-bond donors (Lipinski definition) is 1. The molecule has 0 aromatic carbocycles. The van der Waals surface area contributed by atoms with E-state index in [-0.39, 0.29) is 0 Å². The number of thioether (sulfide) groups is 1. The van der Waals surface area contributed by atoms with Crippen molar-refractivity contribution in [1.29, 1.82) is 0 Å². The predicted octanol–water partition coefficient (Wildman–Crippen LogP) is 2.39. The van der Waals surface area contributed by atoms with Gasteiger partial charge >= 0.3 is 0 Å². The molecular formula is C10H15NS2. The Kier molecular flexibility index (Phi) is 3.70. The average molecular weight is 213 g/mol. The summed E-state index contributed by atoms with van der Waals surface area (Å²) in [7, 11) is 0. The minimum atomic E-state index is 0.781. The topological polar surface area (TPSA) is 12.0 Å². The Morgan fingerprint density at radius 2 is 2.54 bits per heavy atom. The van der Waals surface area contributed by atoms with Crippen LogP contribution in [0.3, 0.4) is 0 Å². The molecule has 1 aliphatic heterocycles. The number of nitrogens with one attached hydrogen (secondary N) is 1. The van der Waals surface area contributed by atoms with Gasteiger partial charge in [0.25, 0.3) is 0 Å². The van der Waals surface area contributed by atoms with E-state index in [1.54, 1.807) is 11.3 Å². The molecule has 1 unspecified atom stereocenters. The average Bonchev–Trinajstić information content (AvgIpc) is 2.75. The first-order valence-corrected chi connectivity index (χ1v) is 6.87. The molecule has 1 N–H and O–H groups in total. The van der Waals surface area contributed by atoms with Crippen molar-refractivity contribution in [1.82, 2.24) is 5.32 Å². The maximum atomic E-state index is 3.60. The van der Waals surface area contributed by atoms with Crippen LogP contribution in [0.25, 0.3) is 0 Å². The van der Waals surface area contributed by atoms with E-state index in [2.05, 4.69) is 33.9 Å².